The quantitative estimate of drug-likeness (QED) is 0.834. The van der Waals surface area contributed by atoms with E-state index in [1.165, 1.54) is 45.3 Å². The maximum absolute atomic E-state index is 3.58. The monoisotopic (exact) mass is 281 g/mol. The smallest absolute Gasteiger partial charge is 0.0254 e. The second kappa shape index (κ2) is 7.24. The van der Waals surface area contributed by atoms with Gasteiger partial charge in [-0.2, -0.15) is 0 Å². The number of hydrogen-bond donors (Lipinski definition) is 1. The molecule has 0 radical (unpaired) electrons. The van der Waals surface area contributed by atoms with Crippen molar-refractivity contribution in [3.05, 3.63) is 0 Å². The lowest BCUT2D eigenvalue weighted by atomic mass is 9.76. The van der Waals surface area contributed by atoms with E-state index in [0.717, 1.165) is 29.8 Å². The summed E-state index contributed by atoms with van der Waals surface area (Å²) in [6.45, 7) is 8.62. The van der Waals surface area contributed by atoms with Crippen LogP contribution in [0.1, 0.15) is 39.5 Å². The lowest BCUT2D eigenvalue weighted by Gasteiger charge is -2.38. The van der Waals surface area contributed by atoms with Crippen molar-refractivity contribution < 1.29 is 0 Å². The third-order valence-electron chi connectivity index (χ3n) is 5.84. The molecule has 1 saturated heterocycles. The topological polar surface area (TPSA) is 18.5 Å². The number of nitrogens with zero attached hydrogens (tertiary/aromatic N) is 2. The molecule has 1 aliphatic heterocycles. The van der Waals surface area contributed by atoms with Crippen LogP contribution < -0.4 is 5.32 Å². The Morgan fingerprint density at radius 2 is 1.95 bits per heavy atom. The minimum Gasteiger partial charge on any atom is -0.317 e. The molecule has 0 spiro atoms. The fraction of sp³-hybridized carbons (Fsp3) is 1.00. The molecule has 2 rings (SSSR count). The van der Waals surface area contributed by atoms with E-state index in [-0.39, 0.29) is 0 Å². The van der Waals surface area contributed by atoms with Crippen LogP contribution in [0.5, 0.6) is 0 Å². The maximum Gasteiger partial charge on any atom is 0.0254 e. The van der Waals surface area contributed by atoms with E-state index in [0.29, 0.717) is 0 Å². The second-order valence-electron chi connectivity index (χ2n) is 7.47. The molecule has 2 fully saturated rings. The largest absolute Gasteiger partial charge is 0.317 e. The van der Waals surface area contributed by atoms with Crippen molar-refractivity contribution in [1.29, 1.82) is 0 Å². The molecule has 0 bridgehead atoms. The molecule has 1 N–H and O–H groups in total. The normalized spacial score (nSPS) is 39.6. The van der Waals surface area contributed by atoms with Crippen LogP contribution in [-0.4, -0.2) is 62.7 Å². The summed E-state index contributed by atoms with van der Waals surface area (Å²) in [6.07, 6.45) is 5.60. The van der Waals surface area contributed by atoms with Crippen LogP contribution in [0.15, 0.2) is 0 Å². The van der Waals surface area contributed by atoms with Crippen LogP contribution in [-0.2, 0) is 0 Å². The fourth-order valence-electron chi connectivity index (χ4n) is 4.51. The summed E-state index contributed by atoms with van der Waals surface area (Å²) in [7, 11) is 6.61. The summed E-state index contributed by atoms with van der Waals surface area (Å²) in [6, 6.07) is 1.49. The van der Waals surface area contributed by atoms with Crippen molar-refractivity contribution in [2.75, 3.05) is 40.8 Å². The van der Waals surface area contributed by atoms with Gasteiger partial charge >= 0.3 is 0 Å². The van der Waals surface area contributed by atoms with Gasteiger partial charge in [-0.15, -0.1) is 0 Å². The Morgan fingerprint density at radius 3 is 2.50 bits per heavy atom. The van der Waals surface area contributed by atoms with Gasteiger partial charge < -0.3 is 15.1 Å². The Balaban J connectivity index is 1.90. The molecule has 0 aromatic rings. The van der Waals surface area contributed by atoms with Crippen molar-refractivity contribution in [3.8, 4) is 0 Å². The molecular weight excluding hydrogens is 246 g/mol. The zero-order valence-electron chi connectivity index (χ0n) is 14.2. The van der Waals surface area contributed by atoms with E-state index in [9.17, 15) is 0 Å². The number of rotatable bonds is 5. The van der Waals surface area contributed by atoms with E-state index >= 15 is 0 Å². The molecule has 1 saturated carbocycles. The zero-order valence-corrected chi connectivity index (χ0v) is 14.2. The Labute approximate surface area is 126 Å². The van der Waals surface area contributed by atoms with Gasteiger partial charge in [0, 0.05) is 31.7 Å². The van der Waals surface area contributed by atoms with Crippen LogP contribution in [0.2, 0.25) is 0 Å². The molecule has 1 aliphatic carbocycles. The van der Waals surface area contributed by atoms with Gasteiger partial charge in [0.2, 0.25) is 0 Å². The van der Waals surface area contributed by atoms with Gasteiger partial charge in [-0.1, -0.05) is 20.3 Å². The summed E-state index contributed by atoms with van der Waals surface area (Å²) in [5.74, 6) is 2.63. The van der Waals surface area contributed by atoms with E-state index < -0.39 is 0 Å². The van der Waals surface area contributed by atoms with Gasteiger partial charge in [-0.25, -0.2) is 0 Å². The summed E-state index contributed by atoms with van der Waals surface area (Å²) >= 11 is 0. The molecule has 0 amide bonds. The number of hydrogen-bond acceptors (Lipinski definition) is 3. The van der Waals surface area contributed by atoms with Gasteiger partial charge in [0.25, 0.3) is 0 Å². The van der Waals surface area contributed by atoms with E-state index in [1.807, 2.05) is 0 Å². The number of likely N-dealkylation sites (tertiary alicyclic amines) is 1. The lowest BCUT2D eigenvalue weighted by molar-refractivity contribution is 0.150. The molecule has 0 aromatic carbocycles. The molecular formula is C17H35N3. The molecule has 118 valence electrons. The third kappa shape index (κ3) is 3.75. The minimum absolute atomic E-state index is 0.742. The lowest BCUT2D eigenvalue weighted by Crippen LogP contribution is -2.44. The molecule has 2 aliphatic rings. The molecule has 0 aromatic heterocycles. The van der Waals surface area contributed by atoms with Crippen molar-refractivity contribution >= 4 is 0 Å². The second-order valence-corrected chi connectivity index (χ2v) is 7.47. The van der Waals surface area contributed by atoms with Gasteiger partial charge in [0.05, 0.1) is 0 Å². The van der Waals surface area contributed by atoms with Crippen molar-refractivity contribution in [2.45, 2.75) is 51.6 Å². The van der Waals surface area contributed by atoms with Crippen molar-refractivity contribution in [1.82, 2.24) is 15.1 Å². The summed E-state index contributed by atoms with van der Waals surface area (Å²) in [5.41, 5.74) is 0. The van der Waals surface area contributed by atoms with E-state index in [1.54, 1.807) is 0 Å². The van der Waals surface area contributed by atoms with E-state index in [2.05, 4.69) is 50.1 Å². The molecule has 20 heavy (non-hydrogen) atoms. The van der Waals surface area contributed by atoms with Crippen LogP contribution in [0.3, 0.4) is 0 Å². The molecule has 5 atom stereocenters. The molecule has 5 unspecified atom stereocenters. The third-order valence-corrected chi connectivity index (χ3v) is 5.84. The van der Waals surface area contributed by atoms with Gasteiger partial charge in [-0.3, -0.25) is 0 Å². The maximum atomic E-state index is 3.58. The van der Waals surface area contributed by atoms with Crippen LogP contribution >= 0.6 is 0 Å². The Morgan fingerprint density at radius 1 is 1.20 bits per heavy atom. The highest BCUT2D eigenvalue weighted by atomic mass is 15.2. The Hall–Kier alpha value is -0.120. The molecule has 3 heteroatoms. The Bertz CT molecular complexity index is 292. The molecule has 3 nitrogen and oxygen atoms in total. The van der Waals surface area contributed by atoms with Gasteiger partial charge in [0.1, 0.15) is 0 Å². The van der Waals surface area contributed by atoms with Gasteiger partial charge in [-0.05, 0) is 58.2 Å². The molecule has 1 heterocycles. The van der Waals surface area contributed by atoms with Crippen LogP contribution in [0.25, 0.3) is 0 Å². The van der Waals surface area contributed by atoms with Gasteiger partial charge in [0.15, 0.2) is 0 Å². The first-order valence-electron chi connectivity index (χ1n) is 8.61. The summed E-state index contributed by atoms with van der Waals surface area (Å²) in [5, 5.41) is 3.58. The first-order valence-corrected chi connectivity index (χ1v) is 8.61. The van der Waals surface area contributed by atoms with Crippen molar-refractivity contribution in [3.63, 3.8) is 0 Å². The van der Waals surface area contributed by atoms with E-state index in [4.69, 9.17) is 0 Å². The predicted molar refractivity (Wildman–Crippen MR) is 87.0 cm³/mol. The highest BCUT2D eigenvalue weighted by molar-refractivity contribution is 4.91. The Kier molecular flexibility index (Phi) is 5.88. The first-order chi connectivity index (χ1) is 9.55. The predicted octanol–water partition coefficient (Wildman–Crippen LogP) is 2.28. The average molecular weight is 281 g/mol. The SMILES string of the molecule is CCC1CCC(NC)C(CN2CC(C)C(N(C)C)C2)C1. The van der Waals surface area contributed by atoms with Crippen LogP contribution in [0.4, 0.5) is 0 Å². The fourth-order valence-corrected chi connectivity index (χ4v) is 4.51. The van der Waals surface area contributed by atoms with Crippen molar-refractivity contribution in [2.24, 2.45) is 17.8 Å². The summed E-state index contributed by atoms with van der Waals surface area (Å²) < 4.78 is 0. The minimum atomic E-state index is 0.742. The summed E-state index contributed by atoms with van der Waals surface area (Å²) in [4.78, 5) is 5.14. The average Bonchev–Trinajstić information content (AvgIpc) is 2.79. The standard InChI is InChI=1S/C17H35N3/c1-6-14-7-8-16(18-3)15(9-14)11-20-10-13(2)17(12-20)19(4)5/h13-18H,6-12H2,1-5H3. The zero-order chi connectivity index (χ0) is 14.7. The highest BCUT2D eigenvalue weighted by Crippen LogP contribution is 2.33. The number of nitrogens with one attached hydrogen (secondary N) is 1. The highest BCUT2D eigenvalue weighted by Gasteiger charge is 2.35. The van der Waals surface area contributed by atoms with Crippen LogP contribution in [0, 0.1) is 17.8 Å². The number of likely N-dealkylation sites (N-methyl/N-ethyl adjacent to an activating group) is 1. The first kappa shape index (κ1) is 16.3.